The molecule has 2 aromatic rings. The second-order valence-corrected chi connectivity index (χ2v) is 5.45. The van der Waals surface area contributed by atoms with Gasteiger partial charge in [0, 0.05) is 36.6 Å². The molecule has 1 saturated heterocycles. The third-order valence-electron chi connectivity index (χ3n) is 3.46. The lowest BCUT2D eigenvalue weighted by Crippen LogP contribution is -2.24. The highest BCUT2D eigenvalue weighted by Gasteiger charge is 2.20. The van der Waals surface area contributed by atoms with Crippen LogP contribution in [0.15, 0.2) is 28.8 Å². The molecule has 6 heteroatoms. The lowest BCUT2D eigenvalue weighted by Gasteiger charge is -2.12. The predicted molar refractivity (Wildman–Crippen MR) is 75.5 cm³/mol. The minimum atomic E-state index is -0.192. The van der Waals surface area contributed by atoms with Gasteiger partial charge in [0.15, 0.2) is 0 Å². The Balaban J connectivity index is 1.60. The van der Waals surface area contributed by atoms with Gasteiger partial charge in [-0.3, -0.25) is 0 Å². The lowest BCUT2D eigenvalue weighted by atomic mass is 10.2. The van der Waals surface area contributed by atoms with Crippen molar-refractivity contribution in [2.24, 2.45) is 0 Å². The van der Waals surface area contributed by atoms with E-state index < -0.39 is 0 Å². The molecule has 1 aromatic heterocycles. The van der Waals surface area contributed by atoms with Crippen LogP contribution in [-0.4, -0.2) is 45.9 Å². The summed E-state index contributed by atoms with van der Waals surface area (Å²) in [6, 6.07) is 7.35. The van der Waals surface area contributed by atoms with Gasteiger partial charge in [0.05, 0.1) is 6.10 Å². The number of hydrogen-bond acceptors (Lipinski definition) is 5. The third-order valence-corrected chi connectivity index (χ3v) is 3.71. The van der Waals surface area contributed by atoms with Crippen LogP contribution in [0.1, 0.15) is 12.3 Å². The standard InChI is InChI=1S/C14H16ClN3O2/c15-11-3-1-10(2-4-11)14-16-13(20-17-14)6-8-18-7-5-12(19)9-18/h1-4,12,19H,5-9H2/t12-/m0/s1. The number of rotatable bonds is 4. The van der Waals surface area contributed by atoms with E-state index in [2.05, 4.69) is 15.0 Å². The molecule has 1 aromatic carbocycles. The number of β-amino-alcohol motifs (C(OH)–C–C–N with tert-alkyl or cyclic N) is 1. The van der Waals surface area contributed by atoms with Gasteiger partial charge in [0.1, 0.15) is 0 Å². The number of aliphatic hydroxyl groups excluding tert-OH is 1. The van der Waals surface area contributed by atoms with Crippen molar-refractivity contribution in [3.05, 3.63) is 35.2 Å². The molecule has 20 heavy (non-hydrogen) atoms. The van der Waals surface area contributed by atoms with Gasteiger partial charge in [-0.1, -0.05) is 16.8 Å². The van der Waals surface area contributed by atoms with Crippen molar-refractivity contribution in [3.8, 4) is 11.4 Å². The Labute approximate surface area is 122 Å². The van der Waals surface area contributed by atoms with Gasteiger partial charge in [-0.25, -0.2) is 0 Å². The number of halogens is 1. The van der Waals surface area contributed by atoms with Crippen LogP contribution in [0.25, 0.3) is 11.4 Å². The van der Waals surface area contributed by atoms with Crippen LogP contribution < -0.4 is 0 Å². The average Bonchev–Trinajstić information content (AvgIpc) is 3.06. The molecule has 1 N–H and O–H groups in total. The highest BCUT2D eigenvalue weighted by atomic mass is 35.5. The lowest BCUT2D eigenvalue weighted by molar-refractivity contribution is 0.175. The largest absolute Gasteiger partial charge is 0.392 e. The van der Waals surface area contributed by atoms with Gasteiger partial charge in [-0.15, -0.1) is 0 Å². The zero-order chi connectivity index (χ0) is 13.9. The fourth-order valence-corrected chi connectivity index (χ4v) is 2.47. The monoisotopic (exact) mass is 293 g/mol. The minimum Gasteiger partial charge on any atom is -0.392 e. The topological polar surface area (TPSA) is 62.4 Å². The van der Waals surface area contributed by atoms with Gasteiger partial charge in [0.2, 0.25) is 11.7 Å². The third kappa shape index (κ3) is 3.17. The normalized spacial score (nSPS) is 19.6. The average molecular weight is 294 g/mol. The number of benzene rings is 1. The van der Waals surface area contributed by atoms with E-state index in [1.54, 1.807) is 12.1 Å². The first-order valence-corrected chi connectivity index (χ1v) is 7.07. The van der Waals surface area contributed by atoms with E-state index >= 15 is 0 Å². The summed E-state index contributed by atoms with van der Waals surface area (Å²) >= 11 is 5.85. The highest BCUT2D eigenvalue weighted by molar-refractivity contribution is 6.30. The Bertz CT molecular complexity index is 570. The summed E-state index contributed by atoms with van der Waals surface area (Å²) in [5.41, 5.74) is 0.890. The molecule has 5 nitrogen and oxygen atoms in total. The molecule has 1 aliphatic heterocycles. The van der Waals surface area contributed by atoms with Crippen molar-refractivity contribution >= 4 is 11.6 Å². The van der Waals surface area contributed by atoms with Crippen molar-refractivity contribution in [2.45, 2.75) is 18.9 Å². The second kappa shape index (κ2) is 5.91. The van der Waals surface area contributed by atoms with Crippen LogP contribution in [-0.2, 0) is 6.42 Å². The zero-order valence-electron chi connectivity index (χ0n) is 11.0. The molecule has 0 spiro atoms. The molecular formula is C14H16ClN3O2. The number of likely N-dealkylation sites (tertiary alicyclic amines) is 1. The van der Waals surface area contributed by atoms with Crippen molar-refractivity contribution in [1.82, 2.24) is 15.0 Å². The predicted octanol–water partition coefficient (Wildman–Crippen LogP) is 2.00. The van der Waals surface area contributed by atoms with Gasteiger partial charge in [-0.2, -0.15) is 4.98 Å². The quantitative estimate of drug-likeness (QED) is 0.934. The summed E-state index contributed by atoms with van der Waals surface area (Å²) in [5, 5.41) is 14.1. The highest BCUT2D eigenvalue weighted by Crippen LogP contribution is 2.19. The number of aromatic nitrogens is 2. The molecule has 0 aliphatic carbocycles. The van der Waals surface area contributed by atoms with E-state index in [-0.39, 0.29) is 6.10 Å². The van der Waals surface area contributed by atoms with Crippen molar-refractivity contribution in [3.63, 3.8) is 0 Å². The van der Waals surface area contributed by atoms with Gasteiger partial charge in [-0.05, 0) is 30.7 Å². The van der Waals surface area contributed by atoms with Crippen molar-refractivity contribution in [1.29, 1.82) is 0 Å². The molecule has 3 rings (SSSR count). The molecule has 0 bridgehead atoms. The maximum Gasteiger partial charge on any atom is 0.228 e. The molecule has 1 aliphatic rings. The Morgan fingerprint density at radius 2 is 2.15 bits per heavy atom. The number of aliphatic hydroxyl groups is 1. The maximum atomic E-state index is 9.47. The maximum absolute atomic E-state index is 9.47. The Kier molecular flexibility index (Phi) is 4.00. The zero-order valence-corrected chi connectivity index (χ0v) is 11.8. The molecule has 0 radical (unpaired) electrons. The molecule has 0 saturated carbocycles. The van der Waals surface area contributed by atoms with Crippen molar-refractivity contribution in [2.75, 3.05) is 19.6 Å². The summed E-state index contributed by atoms with van der Waals surface area (Å²) in [4.78, 5) is 6.59. The van der Waals surface area contributed by atoms with Gasteiger partial charge in [0.25, 0.3) is 0 Å². The smallest absolute Gasteiger partial charge is 0.228 e. The van der Waals surface area contributed by atoms with Gasteiger partial charge >= 0.3 is 0 Å². The summed E-state index contributed by atoms with van der Waals surface area (Å²) in [7, 11) is 0. The number of nitrogens with zero attached hydrogens (tertiary/aromatic N) is 3. The van der Waals surface area contributed by atoms with Crippen LogP contribution in [0.3, 0.4) is 0 Å². The Morgan fingerprint density at radius 1 is 1.35 bits per heavy atom. The Hall–Kier alpha value is -1.43. The summed E-state index contributed by atoms with van der Waals surface area (Å²) in [5.74, 6) is 1.20. The fourth-order valence-electron chi connectivity index (χ4n) is 2.34. The second-order valence-electron chi connectivity index (χ2n) is 5.01. The van der Waals surface area contributed by atoms with Gasteiger partial charge < -0.3 is 14.5 Å². The van der Waals surface area contributed by atoms with E-state index in [0.717, 1.165) is 31.6 Å². The first-order chi connectivity index (χ1) is 9.70. The molecule has 1 atom stereocenters. The Morgan fingerprint density at radius 3 is 2.85 bits per heavy atom. The van der Waals surface area contributed by atoms with Crippen LogP contribution >= 0.6 is 11.6 Å². The van der Waals surface area contributed by atoms with E-state index in [1.165, 1.54) is 0 Å². The summed E-state index contributed by atoms with van der Waals surface area (Å²) in [6.07, 6.45) is 1.36. The van der Waals surface area contributed by atoms with E-state index in [0.29, 0.717) is 23.2 Å². The first-order valence-electron chi connectivity index (χ1n) is 6.69. The minimum absolute atomic E-state index is 0.192. The van der Waals surface area contributed by atoms with Crippen LogP contribution in [0.4, 0.5) is 0 Å². The van der Waals surface area contributed by atoms with Crippen LogP contribution in [0, 0.1) is 0 Å². The first kappa shape index (κ1) is 13.5. The fraction of sp³-hybridized carbons (Fsp3) is 0.429. The van der Waals surface area contributed by atoms with Crippen LogP contribution in [0.2, 0.25) is 5.02 Å². The number of hydrogen-bond donors (Lipinski definition) is 1. The molecule has 0 amide bonds. The van der Waals surface area contributed by atoms with E-state index in [1.807, 2.05) is 12.1 Å². The summed E-state index contributed by atoms with van der Waals surface area (Å²) in [6.45, 7) is 2.50. The molecule has 106 valence electrons. The molecule has 1 fully saturated rings. The molecule has 0 unspecified atom stereocenters. The van der Waals surface area contributed by atoms with E-state index in [9.17, 15) is 5.11 Å². The van der Waals surface area contributed by atoms with Crippen molar-refractivity contribution < 1.29 is 9.63 Å². The van der Waals surface area contributed by atoms with Crippen LogP contribution in [0.5, 0.6) is 0 Å². The summed E-state index contributed by atoms with van der Waals surface area (Å²) < 4.78 is 5.25. The molecule has 2 heterocycles. The SMILES string of the molecule is O[C@H]1CCN(CCc2nc(-c3ccc(Cl)cc3)no2)C1. The van der Waals surface area contributed by atoms with E-state index in [4.69, 9.17) is 16.1 Å². The molecular weight excluding hydrogens is 278 g/mol.